The van der Waals surface area contributed by atoms with Crippen LogP contribution in [0, 0.1) is 0 Å². The maximum absolute atomic E-state index is 12.5. The van der Waals surface area contributed by atoms with Gasteiger partial charge in [-0.1, -0.05) is 27.6 Å². The Morgan fingerprint density at radius 2 is 2.17 bits per heavy atom. The largest absolute Gasteiger partial charge is 0.444 e. The second-order valence-corrected chi connectivity index (χ2v) is 7.77. The van der Waals surface area contributed by atoms with Gasteiger partial charge in [-0.2, -0.15) is 0 Å². The first kappa shape index (κ1) is 16.1. The summed E-state index contributed by atoms with van der Waals surface area (Å²) in [6, 6.07) is 5.66. The smallest absolute Gasteiger partial charge is 0.411 e. The van der Waals surface area contributed by atoms with Gasteiger partial charge in [-0.3, -0.25) is 4.90 Å². The molecular formula is C17H20BrN3O2. The number of carbonyl (C=O) groups is 1. The van der Waals surface area contributed by atoms with Gasteiger partial charge in [0.15, 0.2) is 0 Å². The van der Waals surface area contributed by atoms with Gasteiger partial charge >= 0.3 is 6.09 Å². The van der Waals surface area contributed by atoms with E-state index in [-0.39, 0.29) is 12.1 Å². The molecule has 0 fully saturated rings. The number of benzene rings is 1. The number of amides is 1. The maximum Gasteiger partial charge on any atom is 0.411 e. The second-order valence-electron chi connectivity index (χ2n) is 6.85. The molecule has 1 atom stereocenters. The van der Waals surface area contributed by atoms with Crippen LogP contribution in [0.5, 0.6) is 0 Å². The normalized spacial score (nSPS) is 18.4. The van der Waals surface area contributed by atoms with E-state index in [9.17, 15) is 4.79 Å². The summed E-state index contributed by atoms with van der Waals surface area (Å²) in [5.74, 6) is 0.751. The molecule has 1 N–H and O–H groups in total. The molecule has 0 radical (unpaired) electrons. The zero-order valence-corrected chi connectivity index (χ0v) is 15.3. The third-order valence-corrected chi connectivity index (χ3v) is 4.06. The molecule has 1 unspecified atom stereocenters. The Balaban J connectivity index is 1.92. The summed E-state index contributed by atoms with van der Waals surface area (Å²) < 4.78 is 6.51. The van der Waals surface area contributed by atoms with E-state index >= 15 is 0 Å². The van der Waals surface area contributed by atoms with Crippen molar-refractivity contribution in [2.75, 3.05) is 6.54 Å². The van der Waals surface area contributed by atoms with Crippen molar-refractivity contribution in [3.63, 3.8) is 0 Å². The monoisotopic (exact) mass is 377 g/mol. The van der Waals surface area contributed by atoms with Crippen molar-refractivity contribution in [1.82, 2.24) is 14.9 Å². The number of hydrogen-bond acceptors (Lipinski definition) is 3. The SMILES string of the molecule is CC1=CC(c2nc3ccc(Br)cc3[nH]2)N(C(=O)OC(C)(C)C)C1. The van der Waals surface area contributed by atoms with Crippen molar-refractivity contribution in [2.45, 2.75) is 39.3 Å². The predicted molar refractivity (Wildman–Crippen MR) is 93.2 cm³/mol. The molecule has 1 aliphatic heterocycles. The highest BCUT2D eigenvalue weighted by molar-refractivity contribution is 9.10. The van der Waals surface area contributed by atoms with Crippen LogP contribution in [0.15, 0.2) is 34.3 Å². The number of rotatable bonds is 1. The Bertz CT molecular complexity index is 789. The van der Waals surface area contributed by atoms with Gasteiger partial charge in [0.2, 0.25) is 0 Å². The first-order valence-corrected chi connectivity index (χ1v) is 8.34. The number of aromatic amines is 1. The number of nitrogens with zero attached hydrogens (tertiary/aromatic N) is 2. The Labute approximate surface area is 143 Å². The van der Waals surface area contributed by atoms with Gasteiger partial charge in [-0.05, 0) is 45.9 Å². The summed E-state index contributed by atoms with van der Waals surface area (Å²) in [6.07, 6.45) is 1.73. The lowest BCUT2D eigenvalue weighted by molar-refractivity contribution is 0.0233. The summed E-state index contributed by atoms with van der Waals surface area (Å²) in [4.78, 5) is 22.1. The number of halogens is 1. The molecule has 1 aromatic carbocycles. The van der Waals surface area contributed by atoms with Gasteiger partial charge < -0.3 is 9.72 Å². The van der Waals surface area contributed by atoms with E-state index in [4.69, 9.17) is 4.74 Å². The van der Waals surface area contributed by atoms with E-state index < -0.39 is 5.60 Å². The number of imidazole rings is 1. The van der Waals surface area contributed by atoms with Crippen molar-refractivity contribution in [3.8, 4) is 0 Å². The minimum Gasteiger partial charge on any atom is -0.444 e. The molecule has 23 heavy (non-hydrogen) atoms. The summed E-state index contributed by atoms with van der Waals surface area (Å²) in [7, 11) is 0. The van der Waals surface area contributed by atoms with Crippen LogP contribution in [0.25, 0.3) is 11.0 Å². The Kier molecular flexibility index (Phi) is 3.96. The molecule has 1 amide bonds. The molecular weight excluding hydrogens is 358 g/mol. The number of fused-ring (bicyclic) bond motifs is 1. The van der Waals surface area contributed by atoms with Gasteiger partial charge in [0.1, 0.15) is 17.5 Å². The number of hydrogen-bond donors (Lipinski definition) is 1. The molecule has 2 heterocycles. The molecule has 1 aliphatic rings. The van der Waals surface area contributed by atoms with Crippen LogP contribution in [0.4, 0.5) is 4.79 Å². The second kappa shape index (κ2) is 5.67. The highest BCUT2D eigenvalue weighted by atomic mass is 79.9. The number of ether oxygens (including phenoxy) is 1. The lowest BCUT2D eigenvalue weighted by Crippen LogP contribution is -2.37. The topological polar surface area (TPSA) is 58.2 Å². The predicted octanol–water partition coefficient (Wildman–Crippen LogP) is 4.56. The molecule has 0 bridgehead atoms. The summed E-state index contributed by atoms with van der Waals surface area (Å²) >= 11 is 3.46. The van der Waals surface area contributed by atoms with Crippen molar-refractivity contribution in [3.05, 3.63) is 40.1 Å². The van der Waals surface area contributed by atoms with Crippen molar-refractivity contribution >= 4 is 33.1 Å². The fraction of sp³-hybridized carbons (Fsp3) is 0.412. The molecule has 6 heteroatoms. The first-order valence-electron chi connectivity index (χ1n) is 7.55. The zero-order chi connectivity index (χ0) is 16.8. The highest BCUT2D eigenvalue weighted by Gasteiger charge is 2.33. The molecule has 122 valence electrons. The molecule has 5 nitrogen and oxygen atoms in total. The van der Waals surface area contributed by atoms with E-state index in [1.165, 1.54) is 0 Å². The summed E-state index contributed by atoms with van der Waals surface area (Å²) in [6.45, 7) is 8.18. The van der Waals surface area contributed by atoms with Crippen LogP contribution in [0.3, 0.4) is 0 Å². The molecule has 0 saturated carbocycles. The molecule has 0 aliphatic carbocycles. The van der Waals surface area contributed by atoms with Gasteiger partial charge in [-0.25, -0.2) is 9.78 Å². The van der Waals surface area contributed by atoms with E-state index in [0.717, 1.165) is 26.9 Å². The average Bonchev–Trinajstić information content (AvgIpc) is 2.99. The van der Waals surface area contributed by atoms with Crippen molar-refractivity contribution < 1.29 is 9.53 Å². The fourth-order valence-corrected chi connectivity index (χ4v) is 3.01. The molecule has 0 spiro atoms. The van der Waals surface area contributed by atoms with E-state index in [2.05, 4.69) is 32.0 Å². The minimum absolute atomic E-state index is 0.226. The minimum atomic E-state index is -0.517. The van der Waals surface area contributed by atoms with Crippen LogP contribution >= 0.6 is 15.9 Å². The number of H-pyrrole nitrogens is 1. The number of nitrogens with one attached hydrogen (secondary N) is 1. The van der Waals surface area contributed by atoms with E-state index in [1.807, 2.05) is 45.9 Å². The lowest BCUT2D eigenvalue weighted by atomic mass is 10.2. The van der Waals surface area contributed by atoms with Gasteiger partial charge in [0, 0.05) is 11.0 Å². The third-order valence-electron chi connectivity index (χ3n) is 3.57. The summed E-state index contributed by atoms with van der Waals surface area (Å²) in [5, 5.41) is 0. The molecule has 1 aromatic heterocycles. The van der Waals surface area contributed by atoms with Crippen LogP contribution < -0.4 is 0 Å². The van der Waals surface area contributed by atoms with E-state index in [0.29, 0.717) is 6.54 Å². The average molecular weight is 378 g/mol. The van der Waals surface area contributed by atoms with Gasteiger partial charge in [-0.15, -0.1) is 0 Å². The van der Waals surface area contributed by atoms with Crippen LogP contribution in [0.2, 0.25) is 0 Å². The molecule has 2 aromatic rings. The van der Waals surface area contributed by atoms with Crippen LogP contribution in [-0.2, 0) is 4.74 Å². The number of aromatic nitrogens is 2. The number of carbonyl (C=O) groups excluding carboxylic acids is 1. The highest BCUT2D eigenvalue weighted by Crippen LogP contribution is 2.31. The zero-order valence-electron chi connectivity index (χ0n) is 13.7. The van der Waals surface area contributed by atoms with Gasteiger partial charge in [0.25, 0.3) is 0 Å². The fourth-order valence-electron chi connectivity index (χ4n) is 2.65. The standard InChI is InChI=1S/C17H20BrN3O2/c1-10-7-14(21(9-10)16(22)23-17(2,3)4)15-19-12-6-5-11(18)8-13(12)20-15/h5-8,14H,9H2,1-4H3,(H,19,20). The maximum atomic E-state index is 12.5. The molecule has 3 rings (SSSR count). The Morgan fingerprint density at radius 3 is 2.87 bits per heavy atom. The Hall–Kier alpha value is -1.82. The quantitative estimate of drug-likeness (QED) is 0.740. The van der Waals surface area contributed by atoms with Crippen LogP contribution in [-0.4, -0.2) is 33.1 Å². The molecule has 0 saturated heterocycles. The van der Waals surface area contributed by atoms with Gasteiger partial charge in [0.05, 0.1) is 11.0 Å². The van der Waals surface area contributed by atoms with Crippen molar-refractivity contribution in [2.24, 2.45) is 0 Å². The van der Waals surface area contributed by atoms with Crippen molar-refractivity contribution in [1.29, 1.82) is 0 Å². The Morgan fingerprint density at radius 1 is 1.43 bits per heavy atom. The lowest BCUT2D eigenvalue weighted by Gasteiger charge is -2.27. The summed E-state index contributed by atoms with van der Waals surface area (Å²) in [5.41, 5.74) is 2.43. The third kappa shape index (κ3) is 3.42. The first-order chi connectivity index (χ1) is 10.7. The van der Waals surface area contributed by atoms with E-state index in [1.54, 1.807) is 4.90 Å². The van der Waals surface area contributed by atoms with Crippen LogP contribution in [0.1, 0.15) is 39.6 Å².